The molecular formula is C22H32ClNO4. The Labute approximate surface area is 172 Å². The number of nitrogens with zero attached hydrogens (tertiary/aromatic N) is 1. The summed E-state index contributed by atoms with van der Waals surface area (Å²) in [6.45, 7) is 3.22. The lowest BCUT2D eigenvalue weighted by atomic mass is 9.82. The highest BCUT2D eigenvalue weighted by molar-refractivity contribution is 6.32. The summed E-state index contributed by atoms with van der Waals surface area (Å²) in [6, 6.07) is 5.57. The minimum atomic E-state index is -0.982. The normalized spacial score (nSPS) is 25.2. The van der Waals surface area contributed by atoms with Gasteiger partial charge in [-0.05, 0) is 56.7 Å². The van der Waals surface area contributed by atoms with Crippen LogP contribution in [0.3, 0.4) is 0 Å². The fraction of sp³-hybridized carbons (Fsp3) is 0.682. The van der Waals surface area contributed by atoms with Crippen molar-refractivity contribution >= 4 is 17.5 Å². The molecular weight excluding hydrogens is 378 g/mol. The third kappa shape index (κ3) is 5.62. The Kier molecular flexibility index (Phi) is 6.89. The van der Waals surface area contributed by atoms with Crippen LogP contribution in [0.25, 0.3) is 0 Å². The van der Waals surface area contributed by atoms with Crippen molar-refractivity contribution in [1.29, 1.82) is 0 Å². The summed E-state index contributed by atoms with van der Waals surface area (Å²) < 4.78 is 5.82. The van der Waals surface area contributed by atoms with Crippen molar-refractivity contribution in [3.63, 3.8) is 0 Å². The van der Waals surface area contributed by atoms with Crippen molar-refractivity contribution < 1.29 is 19.7 Å². The van der Waals surface area contributed by atoms with Gasteiger partial charge in [0.05, 0.1) is 17.0 Å². The fourth-order valence-corrected chi connectivity index (χ4v) is 4.46. The minimum absolute atomic E-state index is 0.00343. The van der Waals surface area contributed by atoms with E-state index in [1.54, 1.807) is 11.0 Å². The summed E-state index contributed by atoms with van der Waals surface area (Å²) in [7, 11) is 0. The highest BCUT2D eigenvalue weighted by Gasteiger charge is 2.36. The molecule has 6 heteroatoms. The van der Waals surface area contributed by atoms with Crippen LogP contribution in [0.1, 0.15) is 63.4 Å². The Morgan fingerprint density at radius 2 is 1.79 bits per heavy atom. The Morgan fingerprint density at radius 1 is 1.07 bits per heavy atom. The monoisotopic (exact) mass is 409 g/mol. The van der Waals surface area contributed by atoms with Gasteiger partial charge in [-0.25, -0.2) is 0 Å². The molecule has 1 saturated heterocycles. The van der Waals surface area contributed by atoms with E-state index in [-0.39, 0.29) is 18.9 Å². The first kappa shape index (κ1) is 21.4. The molecule has 3 rings (SSSR count). The smallest absolute Gasteiger partial charge is 0.225 e. The van der Waals surface area contributed by atoms with E-state index in [0.717, 1.165) is 24.8 Å². The van der Waals surface area contributed by atoms with Crippen molar-refractivity contribution in [1.82, 2.24) is 4.90 Å². The minimum Gasteiger partial charge on any atom is -0.489 e. The summed E-state index contributed by atoms with van der Waals surface area (Å²) in [5.41, 5.74) is -0.781. The third-order valence-corrected chi connectivity index (χ3v) is 6.43. The number of likely N-dealkylation sites (tertiary alicyclic amines) is 1. The van der Waals surface area contributed by atoms with Gasteiger partial charge >= 0.3 is 0 Å². The maximum absolute atomic E-state index is 12.7. The van der Waals surface area contributed by atoms with E-state index in [0.29, 0.717) is 56.0 Å². The van der Waals surface area contributed by atoms with Gasteiger partial charge in [-0.2, -0.15) is 0 Å². The van der Waals surface area contributed by atoms with Gasteiger partial charge < -0.3 is 19.8 Å². The van der Waals surface area contributed by atoms with Crippen LogP contribution in [-0.4, -0.2) is 51.9 Å². The van der Waals surface area contributed by atoms with Gasteiger partial charge in [0, 0.05) is 13.1 Å². The number of amides is 1. The Hall–Kier alpha value is -1.30. The van der Waals surface area contributed by atoms with E-state index in [9.17, 15) is 15.0 Å². The molecule has 1 atom stereocenters. The van der Waals surface area contributed by atoms with Gasteiger partial charge in [0.15, 0.2) is 0 Å². The average Bonchev–Trinajstić information content (AvgIpc) is 2.85. The van der Waals surface area contributed by atoms with Crippen LogP contribution in [-0.2, 0) is 4.79 Å². The van der Waals surface area contributed by atoms with Crippen molar-refractivity contribution in [3.05, 3.63) is 28.8 Å². The van der Waals surface area contributed by atoms with E-state index < -0.39 is 11.2 Å². The molecule has 0 spiro atoms. The number of hydrogen-bond acceptors (Lipinski definition) is 4. The molecule has 5 nitrogen and oxygen atoms in total. The molecule has 28 heavy (non-hydrogen) atoms. The molecule has 2 N–H and O–H groups in total. The maximum Gasteiger partial charge on any atom is 0.225 e. The van der Waals surface area contributed by atoms with E-state index in [2.05, 4.69) is 0 Å². The standard InChI is InChI=1S/C22H32ClNO4/c1-17-6-7-18(23)19(14-17)28-16-22(27)10-5-12-24(13-11-22)20(25)15-21(26)8-3-2-4-9-21/h6-7,14,26-27H,2-5,8-13,15-16H2,1H3. The second-order valence-corrected chi connectivity index (χ2v) is 9.05. The Morgan fingerprint density at radius 3 is 2.54 bits per heavy atom. The second-order valence-electron chi connectivity index (χ2n) is 8.64. The topological polar surface area (TPSA) is 70.0 Å². The van der Waals surface area contributed by atoms with Gasteiger partial charge in [-0.15, -0.1) is 0 Å². The number of carbonyl (C=O) groups excluding carboxylic acids is 1. The number of halogens is 1. The summed E-state index contributed by atoms with van der Waals surface area (Å²) in [6.07, 6.45) is 6.48. The first-order chi connectivity index (χ1) is 13.3. The largest absolute Gasteiger partial charge is 0.489 e. The van der Waals surface area contributed by atoms with Gasteiger partial charge in [-0.3, -0.25) is 4.79 Å². The van der Waals surface area contributed by atoms with Gasteiger partial charge in [0.1, 0.15) is 18.0 Å². The zero-order valence-corrected chi connectivity index (χ0v) is 17.5. The van der Waals surface area contributed by atoms with Gasteiger partial charge in [-0.1, -0.05) is 36.9 Å². The number of benzene rings is 1. The number of aryl methyl sites for hydroxylation is 1. The van der Waals surface area contributed by atoms with Crippen LogP contribution in [0.5, 0.6) is 5.75 Å². The van der Waals surface area contributed by atoms with Gasteiger partial charge in [0.25, 0.3) is 0 Å². The van der Waals surface area contributed by atoms with Crippen LogP contribution >= 0.6 is 11.6 Å². The second kappa shape index (κ2) is 9.02. The van der Waals surface area contributed by atoms with Gasteiger partial charge in [0.2, 0.25) is 5.91 Å². The molecule has 0 radical (unpaired) electrons. The lowest BCUT2D eigenvalue weighted by Crippen LogP contribution is -2.42. The predicted molar refractivity (Wildman–Crippen MR) is 110 cm³/mol. The maximum atomic E-state index is 12.7. The highest BCUT2D eigenvalue weighted by Crippen LogP contribution is 2.33. The van der Waals surface area contributed by atoms with Crippen LogP contribution in [0.15, 0.2) is 18.2 Å². The van der Waals surface area contributed by atoms with E-state index in [1.807, 2.05) is 19.1 Å². The van der Waals surface area contributed by atoms with Crippen LogP contribution in [0, 0.1) is 6.92 Å². The fourth-order valence-electron chi connectivity index (χ4n) is 4.29. The molecule has 0 bridgehead atoms. The quantitative estimate of drug-likeness (QED) is 0.774. The number of ether oxygens (including phenoxy) is 1. The number of rotatable bonds is 5. The molecule has 1 aliphatic carbocycles. The van der Waals surface area contributed by atoms with Crippen LogP contribution in [0.4, 0.5) is 0 Å². The van der Waals surface area contributed by atoms with E-state index in [1.165, 1.54) is 0 Å². The molecule has 1 heterocycles. The molecule has 0 aromatic heterocycles. The van der Waals surface area contributed by atoms with Crippen LogP contribution < -0.4 is 4.74 Å². The molecule has 1 saturated carbocycles. The molecule has 1 amide bonds. The third-order valence-electron chi connectivity index (χ3n) is 6.12. The summed E-state index contributed by atoms with van der Waals surface area (Å²) in [5.74, 6) is 0.572. The molecule has 1 aliphatic heterocycles. The van der Waals surface area contributed by atoms with Crippen LogP contribution in [0.2, 0.25) is 5.02 Å². The van der Waals surface area contributed by atoms with Crippen molar-refractivity contribution in [2.45, 2.75) is 75.9 Å². The Bertz CT molecular complexity index is 689. The average molecular weight is 410 g/mol. The van der Waals surface area contributed by atoms with Crippen molar-refractivity contribution in [2.24, 2.45) is 0 Å². The number of aliphatic hydroxyl groups is 2. The lowest BCUT2D eigenvalue weighted by molar-refractivity contribution is -0.138. The first-order valence-electron chi connectivity index (χ1n) is 10.4. The molecule has 1 aromatic rings. The number of hydrogen-bond donors (Lipinski definition) is 2. The zero-order valence-electron chi connectivity index (χ0n) is 16.8. The lowest BCUT2D eigenvalue weighted by Gasteiger charge is -2.33. The van der Waals surface area contributed by atoms with Crippen molar-refractivity contribution in [2.75, 3.05) is 19.7 Å². The molecule has 1 unspecified atom stereocenters. The summed E-state index contributed by atoms with van der Waals surface area (Å²) >= 11 is 6.18. The SMILES string of the molecule is Cc1ccc(Cl)c(OCC2(O)CCCN(C(=O)CC3(O)CCCCC3)CC2)c1. The van der Waals surface area contributed by atoms with E-state index >= 15 is 0 Å². The number of carbonyl (C=O) groups is 1. The summed E-state index contributed by atoms with van der Waals surface area (Å²) in [4.78, 5) is 14.5. The first-order valence-corrected chi connectivity index (χ1v) is 10.8. The predicted octanol–water partition coefficient (Wildman–Crippen LogP) is 3.86. The molecule has 2 aliphatic rings. The molecule has 1 aromatic carbocycles. The highest BCUT2D eigenvalue weighted by atomic mass is 35.5. The molecule has 156 valence electrons. The summed E-state index contributed by atoms with van der Waals surface area (Å²) in [5, 5.41) is 22.2. The van der Waals surface area contributed by atoms with E-state index in [4.69, 9.17) is 16.3 Å². The van der Waals surface area contributed by atoms with Crippen molar-refractivity contribution in [3.8, 4) is 5.75 Å². The zero-order chi connectivity index (χ0) is 20.2. The molecule has 2 fully saturated rings. The Balaban J connectivity index is 1.54.